The highest BCUT2D eigenvalue weighted by molar-refractivity contribution is 5.82. The molecule has 92 valence electrons. The van der Waals surface area contributed by atoms with Gasteiger partial charge in [0.15, 0.2) is 17.0 Å². The molecule has 17 heavy (non-hydrogen) atoms. The number of aliphatic hydroxyl groups excluding tert-OH is 2. The van der Waals surface area contributed by atoms with E-state index in [-0.39, 0.29) is 18.5 Å². The van der Waals surface area contributed by atoms with Crippen LogP contribution in [0.1, 0.15) is 13.0 Å². The fourth-order valence-electron chi connectivity index (χ4n) is 1.57. The number of aromatic nitrogens is 4. The highest BCUT2D eigenvalue weighted by Gasteiger charge is 2.19. The van der Waals surface area contributed by atoms with Crippen LogP contribution < -0.4 is 5.48 Å². The molecule has 2 rings (SSSR count). The number of aliphatic hydroxyl groups is 2. The Hall–Kier alpha value is -1.77. The summed E-state index contributed by atoms with van der Waals surface area (Å²) in [5.41, 5.74) is 2.79. The predicted octanol–water partition coefficient (Wildman–Crippen LogP) is -0.458. The van der Waals surface area contributed by atoms with Gasteiger partial charge in [0.05, 0.1) is 25.1 Å². The second-order valence-corrected chi connectivity index (χ2v) is 3.65. The second kappa shape index (κ2) is 4.62. The van der Waals surface area contributed by atoms with Gasteiger partial charge in [0.1, 0.15) is 6.33 Å². The molecule has 0 aromatic carbocycles. The van der Waals surface area contributed by atoms with Crippen LogP contribution in [-0.2, 0) is 0 Å². The molecule has 2 aromatic heterocycles. The Morgan fingerprint density at radius 2 is 2.18 bits per heavy atom. The predicted molar refractivity (Wildman–Crippen MR) is 58.5 cm³/mol. The zero-order valence-electron chi connectivity index (χ0n) is 9.15. The van der Waals surface area contributed by atoms with Crippen LogP contribution in [0.25, 0.3) is 11.2 Å². The Kier molecular flexibility index (Phi) is 3.18. The van der Waals surface area contributed by atoms with E-state index in [4.69, 9.17) is 10.3 Å². The van der Waals surface area contributed by atoms with Crippen molar-refractivity contribution in [2.24, 2.45) is 0 Å². The molecule has 8 nitrogen and oxygen atoms in total. The van der Waals surface area contributed by atoms with Gasteiger partial charge in [-0.25, -0.2) is 15.0 Å². The van der Waals surface area contributed by atoms with Crippen LogP contribution in [0.15, 0.2) is 12.7 Å². The summed E-state index contributed by atoms with van der Waals surface area (Å²) < 4.78 is 1.61. The van der Waals surface area contributed by atoms with E-state index in [0.717, 1.165) is 0 Å². The minimum atomic E-state index is -0.909. The molecule has 0 aliphatic heterocycles. The van der Waals surface area contributed by atoms with Crippen molar-refractivity contribution in [3.8, 4) is 0 Å². The number of rotatable bonds is 4. The van der Waals surface area contributed by atoms with Gasteiger partial charge in [-0.2, -0.15) is 0 Å². The Balaban J connectivity index is 2.49. The number of nitrogens with one attached hydrogen (secondary N) is 1. The highest BCUT2D eigenvalue weighted by atomic mass is 16.5. The van der Waals surface area contributed by atoms with Crippen molar-refractivity contribution in [2.45, 2.75) is 19.1 Å². The number of hydrogen-bond donors (Lipinski definition) is 4. The van der Waals surface area contributed by atoms with Crippen LogP contribution >= 0.6 is 0 Å². The molecule has 0 bridgehead atoms. The largest absolute Gasteiger partial charge is 0.394 e. The lowest BCUT2D eigenvalue weighted by atomic mass is 10.2. The molecule has 0 aliphatic rings. The molecule has 2 aromatic rings. The Morgan fingerprint density at radius 1 is 1.41 bits per heavy atom. The SMILES string of the molecule is CC(C(O)CO)n1cnc2c(NO)ncnc21. The van der Waals surface area contributed by atoms with E-state index in [0.29, 0.717) is 11.2 Å². The first-order valence-electron chi connectivity index (χ1n) is 5.05. The summed E-state index contributed by atoms with van der Waals surface area (Å²) in [6.07, 6.45) is 1.84. The van der Waals surface area contributed by atoms with Crippen molar-refractivity contribution in [1.82, 2.24) is 19.5 Å². The maximum atomic E-state index is 9.58. The summed E-state index contributed by atoms with van der Waals surface area (Å²) in [5.74, 6) is 0.194. The van der Waals surface area contributed by atoms with Crippen molar-refractivity contribution < 1.29 is 15.4 Å². The van der Waals surface area contributed by atoms with Crippen molar-refractivity contribution in [2.75, 3.05) is 12.1 Å². The topological polar surface area (TPSA) is 116 Å². The first kappa shape index (κ1) is 11.7. The lowest BCUT2D eigenvalue weighted by Crippen LogP contribution is -2.24. The molecule has 0 radical (unpaired) electrons. The highest BCUT2D eigenvalue weighted by Crippen LogP contribution is 2.21. The van der Waals surface area contributed by atoms with E-state index >= 15 is 0 Å². The van der Waals surface area contributed by atoms with Crippen LogP contribution in [-0.4, -0.2) is 47.7 Å². The molecule has 0 amide bonds. The summed E-state index contributed by atoms with van der Waals surface area (Å²) in [5, 5.41) is 27.3. The molecule has 0 saturated heterocycles. The summed E-state index contributed by atoms with van der Waals surface area (Å²) in [4.78, 5) is 11.9. The lowest BCUT2D eigenvalue weighted by Gasteiger charge is -2.18. The first-order valence-corrected chi connectivity index (χ1v) is 5.05. The Bertz CT molecular complexity index is 514. The van der Waals surface area contributed by atoms with Gasteiger partial charge in [0.2, 0.25) is 0 Å². The summed E-state index contributed by atoms with van der Waals surface area (Å²) >= 11 is 0. The quantitative estimate of drug-likeness (QED) is 0.533. The fourth-order valence-corrected chi connectivity index (χ4v) is 1.57. The van der Waals surface area contributed by atoms with Gasteiger partial charge in [-0.05, 0) is 6.92 Å². The minimum absolute atomic E-state index is 0.194. The van der Waals surface area contributed by atoms with Crippen molar-refractivity contribution in [3.63, 3.8) is 0 Å². The maximum Gasteiger partial charge on any atom is 0.181 e. The van der Waals surface area contributed by atoms with Crippen molar-refractivity contribution in [3.05, 3.63) is 12.7 Å². The Labute approximate surface area is 96.5 Å². The van der Waals surface area contributed by atoms with Crippen molar-refractivity contribution >= 4 is 17.0 Å². The van der Waals surface area contributed by atoms with Gasteiger partial charge in [0, 0.05) is 0 Å². The number of nitrogens with zero attached hydrogens (tertiary/aromatic N) is 4. The molecule has 0 spiro atoms. The van der Waals surface area contributed by atoms with Crippen LogP contribution in [0.5, 0.6) is 0 Å². The van der Waals surface area contributed by atoms with Crippen LogP contribution in [0.2, 0.25) is 0 Å². The standard InChI is InChI=1S/C9H13N5O3/c1-5(6(16)2-15)14-4-12-7-8(13-17)10-3-11-9(7)14/h3-6,15-17H,2H2,1H3,(H,10,11,13). The second-order valence-electron chi connectivity index (χ2n) is 3.65. The van der Waals surface area contributed by atoms with Gasteiger partial charge in [-0.15, -0.1) is 0 Å². The lowest BCUT2D eigenvalue weighted by molar-refractivity contribution is 0.0585. The van der Waals surface area contributed by atoms with Crippen LogP contribution in [0.3, 0.4) is 0 Å². The molecular formula is C9H13N5O3. The Morgan fingerprint density at radius 3 is 2.82 bits per heavy atom. The van der Waals surface area contributed by atoms with E-state index in [9.17, 15) is 5.11 Å². The van der Waals surface area contributed by atoms with E-state index in [1.165, 1.54) is 12.7 Å². The third-order valence-corrected chi connectivity index (χ3v) is 2.65. The maximum absolute atomic E-state index is 9.58. The first-order chi connectivity index (χ1) is 8.19. The van der Waals surface area contributed by atoms with Gasteiger partial charge < -0.3 is 14.8 Å². The third-order valence-electron chi connectivity index (χ3n) is 2.65. The third kappa shape index (κ3) is 1.93. The number of fused-ring (bicyclic) bond motifs is 1. The molecule has 8 heteroatoms. The van der Waals surface area contributed by atoms with Crippen molar-refractivity contribution in [1.29, 1.82) is 0 Å². The summed E-state index contributed by atoms with van der Waals surface area (Å²) in [7, 11) is 0. The normalized spacial score (nSPS) is 14.8. The molecular weight excluding hydrogens is 226 g/mol. The molecule has 4 N–H and O–H groups in total. The van der Waals surface area contributed by atoms with Gasteiger partial charge in [0.25, 0.3) is 0 Å². The van der Waals surface area contributed by atoms with Crippen LogP contribution in [0, 0.1) is 0 Å². The smallest absolute Gasteiger partial charge is 0.181 e. The fraction of sp³-hybridized carbons (Fsp3) is 0.444. The number of imidazole rings is 1. The zero-order chi connectivity index (χ0) is 12.4. The average Bonchev–Trinajstić information content (AvgIpc) is 2.80. The average molecular weight is 239 g/mol. The number of hydrogen-bond acceptors (Lipinski definition) is 7. The molecule has 2 unspecified atom stereocenters. The van der Waals surface area contributed by atoms with E-state index in [2.05, 4.69) is 15.0 Å². The molecule has 2 heterocycles. The van der Waals surface area contributed by atoms with E-state index in [1.54, 1.807) is 11.5 Å². The van der Waals surface area contributed by atoms with Gasteiger partial charge in [-0.1, -0.05) is 0 Å². The van der Waals surface area contributed by atoms with E-state index in [1.807, 2.05) is 5.48 Å². The summed E-state index contributed by atoms with van der Waals surface area (Å²) in [6, 6.07) is -0.383. The summed E-state index contributed by atoms with van der Waals surface area (Å²) in [6.45, 7) is 1.38. The zero-order valence-corrected chi connectivity index (χ0v) is 9.15. The van der Waals surface area contributed by atoms with Gasteiger partial charge >= 0.3 is 0 Å². The molecule has 2 atom stereocenters. The monoisotopic (exact) mass is 239 g/mol. The van der Waals surface area contributed by atoms with Crippen LogP contribution in [0.4, 0.5) is 5.82 Å². The molecule has 0 fully saturated rings. The van der Waals surface area contributed by atoms with Gasteiger partial charge in [-0.3, -0.25) is 10.7 Å². The number of anilines is 1. The van der Waals surface area contributed by atoms with E-state index < -0.39 is 6.10 Å². The molecule has 0 aliphatic carbocycles. The minimum Gasteiger partial charge on any atom is -0.394 e. The molecule has 0 saturated carbocycles.